The molecule has 2 aliphatic carbocycles. The van der Waals surface area contributed by atoms with Crippen LogP contribution in [-0.2, 0) is 17.1 Å². The number of nitrogens with zero attached hydrogens (tertiary/aromatic N) is 2. The molecule has 1 radical (unpaired) electrons. The molecule has 2 saturated carbocycles. The number of hydrogen-bond acceptors (Lipinski definition) is 6. The van der Waals surface area contributed by atoms with Crippen molar-refractivity contribution in [2.45, 2.75) is 101 Å². The zero-order valence-electron chi connectivity index (χ0n) is 23.4. The van der Waals surface area contributed by atoms with E-state index < -0.39 is 0 Å². The average Bonchev–Trinajstić information content (AvgIpc) is 3.73. The van der Waals surface area contributed by atoms with Crippen LogP contribution in [0.5, 0.6) is 0 Å². The summed E-state index contributed by atoms with van der Waals surface area (Å²) >= 11 is 0. The van der Waals surface area contributed by atoms with E-state index >= 15 is 0 Å². The molecule has 2 aromatic rings. The summed E-state index contributed by atoms with van der Waals surface area (Å²) in [7, 11) is 0. The minimum atomic E-state index is 0. The van der Waals surface area contributed by atoms with E-state index in [4.69, 9.17) is 10.6 Å². The fraction of sp³-hybridized carbons (Fsp3) is 0.625. The monoisotopic (exact) mass is 601 g/mol. The van der Waals surface area contributed by atoms with Crippen LogP contribution in [0.1, 0.15) is 98.3 Å². The Labute approximate surface area is 254 Å². The molecule has 41 heavy (non-hydrogen) atoms. The maximum atomic E-state index is 5.48. The molecule has 221 valence electrons. The van der Waals surface area contributed by atoms with Gasteiger partial charge in [-0.05, 0) is 45.9 Å². The summed E-state index contributed by atoms with van der Waals surface area (Å²) in [5.74, 6) is 2.29. The first-order chi connectivity index (χ1) is 19.8. The molecule has 5 fully saturated rings. The van der Waals surface area contributed by atoms with Crippen molar-refractivity contribution in [3.63, 3.8) is 0 Å². The number of benzene rings is 2. The summed E-state index contributed by atoms with van der Waals surface area (Å²) in [4.78, 5) is 0. The largest absolute Gasteiger partial charge is 2.00 e. The van der Waals surface area contributed by atoms with E-state index in [0.717, 1.165) is 0 Å². The Kier molecular flexibility index (Phi) is 7.28. The standard InChI is InChI=1S/C32H42N8.Cu/c1-2-10-18-17(9-1)25-33-26(18)38-28-21-13-5-6-14-22(21)30(35-28)40-32-24-16-8-7-15-23(24)31(36-32)39-29-20-12-4-3-11-19(20)27(34-29)37-25;/h1-2,7-10,15-16,19-22,25-33,36-40H,3-6,11-14H2;/q-2;+2. The predicted octanol–water partition coefficient (Wildman–Crippen LogP) is 4.65. The fourth-order valence-corrected chi connectivity index (χ4v) is 9.40. The van der Waals surface area contributed by atoms with Gasteiger partial charge in [0, 0.05) is 0 Å². The molecule has 5 heterocycles. The maximum absolute atomic E-state index is 5.48. The van der Waals surface area contributed by atoms with E-state index in [2.05, 4.69) is 80.4 Å². The van der Waals surface area contributed by atoms with Gasteiger partial charge in [-0.1, -0.05) is 125 Å². The van der Waals surface area contributed by atoms with Gasteiger partial charge in [-0.25, -0.2) is 0 Å². The zero-order chi connectivity index (χ0) is 26.2. The van der Waals surface area contributed by atoms with E-state index in [1.807, 2.05) is 0 Å². The van der Waals surface area contributed by atoms with E-state index in [1.165, 1.54) is 73.6 Å². The molecule has 8 nitrogen and oxygen atoms in total. The van der Waals surface area contributed by atoms with Crippen molar-refractivity contribution in [3.8, 4) is 0 Å². The van der Waals surface area contributed by atoms with Crippen molar-refractivity contribution in [2.24, 2.45) is 23.7 Å². The van der Waals surface area contributed by atoms with E-state index in [0.29, 0.717) is 23.7 Å². The van der Waals surface area contributed by atoms with Crippen molar-refractivity contribution in [1.82, 2.24) is 31.9 Å². The first kappa shape index (κ1) is 27.2. The zero-order valence-corrected chi connectivity index (χ0v) is 24.3. The van der Waals surface area contributed by atoms with Crippen LogP contribution in [-0.4, -0.2) is 24.7 Å². The second-order valence-corrected chi connectivity index (χ2v) is 13.3. The maximum Gasteiger partial charge on any atom is 2.00 e. The molecule has 6 N–H and O–H groups in total. The Bertz CT molecular complexity index is 1070. The molecular formula is C32H42CuN8. The van der Waals surface area contributed by atoms with Gasteiger partial charge in [-0.3, -0.25) is 10.6 Å². The normalized spacial score (nSPS) is 44.3. The third-order valence-corrected chi connectivity index (χ3v) is 11.3. The second kappa shape index (κ2) is 11.0. The summed E-state index contributed by atoms with van der Waals surface area (Å²) in [6, 6.07) is 17.9. The van der Waals surface area contributed by atoms with Crippen molar-refractivity contribution in [2.75, 3.05) is 0 Å². The third-order valence-electron chi connectivity index (χ3n) is 11.3. The van der Waals surface area contributed by atoms with Crippen LogP contribution in [0.3, 0.4) is 0 Å². The van der Waals surface area contributed by atoms with Crippen LogP contribution < -0.4 is 31.9 Å². The summed E-state index contributed by atoms with van der Waals surface area (Å²) in [5.41, 5.74) is 5.41. The summed E-state index contributed by atoms with van der Waals surface area (Å²) in [6.07, 6.45) is 11.2. The molecule has 3 saturated heterocycles. The van der Waals surface area contributed by atoms with E-state index in [9.17, 15) is 0 Å². The van der Waals surface area contributed by atoms with Crippen LogP contribution in [0.4, 0.5) is 0 Å². The molecule has 8 bridgehead atoms. The quantitative estimate of drug-likeness (QED) is 0.246. The molecule has 0 amide bonds. The summed E-state index contributed by atoms with van der Waals surface area (Å²) in [6.45, 7) is 0. The van der Waals surface area contributed by atoms with Crippen molar-refractivity contribution in [3.05, 3.63) is 81.4 Å². The molecule has 2 aromatic carbocycles. The molecule has 0 spiro atoms. The summed E-state index contributed by atoms with van der Waals surface area (Å²) < 4.78 is 0. The molecule has 9 heteroatoms. The number of fused-ring (bicyclic) bond motifs is 20. The van der Waals surface area contributed by atoms with Crippen LogP contribution in [0.2, 0.25) is 0 Å². The first-order valence-electron chi connectivity index (χ1n) is 15.9. The van der Waals surface area contributed by atoms with Gasteiger partial charge in [-0.2, -0.15) is 0 Å². The third kappa shape index (κ3) is 4.56. The predicted molar refractivity (Wildman–Crippen MR) is 155 cm³/mol. The van der Waals surface area contributed by atoms with Crippen LogP contribution in [0.25, 0.3) is 10.6 Å². The van der Waals surface area contributed by atoms with Gasteiger partial charge in [0.2, 0.25) is 0 Å². The fourth-order valence-electron chi connectivity index (χ4n) is 9.40. The molecular weight excluding hydrogens is 560 g/mol. The smallest absolute Gasteiger partial charge is 0.632 e. The Balaban J connectivity index is 0.00000256. The van der Waals surface area contributed by atoms with Crippen LogP contribution in [0, 0.1) is 23.7 Å². The number of rotatable bonds is 0. The van der Waals surface area contributed by atoms with Gasteiger partial charge in [0.1, 0.15) is 0 Å². The molecule has 12 atom stereocenters. The van der Waals surface area contributed by atoms with Crippen molar-refractivity contribution < 1.29 is 17.1 Å². The van der Waals surface area contributed by atoms with Gasteiger partial charge in [0.25, 0.3) is 0 Å². The Morgan fingerprint density at radius 3 is 0.951 bits per heavy atom. The average molecular weight is 602 g/mol. The minimum Gasteiger partial charge on any atom is -0.632 e. The van der Waals surface area contributed by atoms with Crippen LogP contribution >= 0.6 is 0 Å². The minimum absolute atomic E-state index is 0. The van der Waals surface area contributed by atoms with Gasteiger partial charge < -0.3 is 31.9 Å². The van der Waals surface area contributed by atoms with Gasteiger partial charge in [0.05, 0.1) is 24.7 Å². The SMILES string of the molecule is [Cu+2].c1ccc2c(c1)C1NC2NC2[N-]C(NC3NC(NC4[N-]C(N1)C1CCCCC41)c1ccccc13)C1CCCCC21. The molecule has 5 aliphatic heterocycles. The van der Waals surface area contributed by atoms with Crippen molar-refractivity contribution >= 4 is 0 Å². The Morgan fingerprint density at radius 1 is 0.415 bits per heavy atom. The summed E-state index contributed by atoms with van der Waals surface area (Å²) in [5, 5.41) is 34.9. The van der Waals surface area contributed by atoms with Gasteiger partial charge >= 0.3 is 17.1 Å². The second-order valence-electron chi connectivity index (χ2n) is 13.3. The molecule has 12 unspecified atom stereocenters. The number of nitrogens with one attached hydrogen (secondary N) is 6. The van der Waals surface area contributed by atoms with E-state index in [-0.39, 0.29) is 66.4 Å². The molecule has 0 aromatic heterocycles. The van der Waals surface area contributed by atoms with Crippen LogP contribution in [0.15, 0.2) is 48.5 Å². The van der Waals surface area contributed by atoms with Gasteiger partial charge in [-0.15, -0.1) is 0 Å². The van der Waals surface area contributed by atoms with E-state index in [1.54, 1.807) is 0 Å². The topological polar surface area (TPSA) is 100 Å². The van der Waals surface area contributed by atoms with Gasteiger partial charge in [0.15, 0.2) is 0 Å². The Hall–Kier alpha value is -1.36. The Morgan fingerprint density at radius 2 is 0.683 bits per heavy atom. The molecule has 9 rings (SSSR count). The number of hydrogen-bond donors (Lipinski definition) is 6. The molecule has 7 aliphatic rings. The first-order valence-corrected chi connectivity index (χ1v) is 15.9. The van der Waals surface area contributed by atoms with Crippen molar-refractivity contribution in [1.29, 1.82) is 0 Å².